The van der Waals surface area contributed by atoms with E-state index in [0.29, 0.717) is 14.8 Å². The fourth-order valence-electron chi connectivity index (χ4n) is 2.33. The van der Waals surface area contributed by atoms with Crippen molar-refractivity contribution in [1.82, 2.24) is 0 Å². The molecule has 0 atom stereocenters. The van der Waals surface area contributed by atoms with Crippen molar-refractivity contribution in [2.24, 2.45) is 0 Å². The number of carbonyl (C=O) groups excluding carboxylic acids is 2. The maximum Gasteiger partial charge on any atom is 0.160 e. The Bertz CT molecular complexity index is 773. The molecule has 2 heterocycles. The highest BCUT2D eigenvalue weighted by Crippen LogP contribution is 2.39. The van der Waals surface area contributed by atoms with Crippen LogP contribution in [0.15, 0.2) is 48.5 Å². The van der Waals surface area contributed by atoms with Crippen molar-refractivity contribution in [3.05, 3.63) is 78.6 Å². The highest BCUT2D eigenvalue weighted by molar-refractivity contribution is 7.15. The van der Waals surface area contributed by atoms with E-state index in [2.05, 4.69) is 0 Å². The van der Waals surface area contributed by atoms with Crippen LogP contribution in [0.25, 0.3) is 0 Å². The molecular weight excluding hydrogens is 336 g/mol. The first kappa shape index (κ1) is 15.2. The molecule has 0 unspecified atom stereocenters. The summed E-state index contributed by atoms with van der Waals surface area (Å²) in [5.74, 6) is -0.0175. The van der Waals surface area contributed by atoms with Gasteiger partial charge in [0.15, 0.2) is 12.6 Å². The molecule has 2 nitrogen and oxygen atoms in total. The number of hydrogen-bond donors (Lipinski definition) is 0. The molecule has 0 aliphatic rings. The number of thiophene rings is 2. The molecule has 0 N–H and O–H groups in total. The SMILES string of the molecule is O=Cc1ccc(C(c2cccc(Cl)c2)c2ccc(C=O)s2)s1. The monoisotopic (exact) mass is 346 g/mol. The summed E-state index contributed by atoms with van der Waals surface area (Å²) in [6, 6.07) is 15.2. The Kier molecular flexibility index (Phi) is 4.52. The van der Waals surface area contributed by atoms with Crippen LogP contribution in [0.3, 0.4) is 0 Å². The van der Waals surface area contributed by atoms with Crippen LogP contribution >= 0.6 is 34.3 Å². The Hall–Kier alpha value is -1.75. The lowest BCUT2D eigenvalue weighted by Gasteiger charge is -2.14. The smallest absolute Gasteiger partial charge is 0.160 e. The van der Waals surface area contributed by atoms with Crippen molar-refractivity contribution in [1.29, 1.82) is 0 Å². The molecule has 0 amide bonds. The molecule has 0 spiro atoms. The van der Waals surface area contributed by atoms with Crippen molar-refractivity contribution in [2.75, 3.05) is 0 Å². The fourth-order valence-corrected chi connectivity index (χ4v) is 4.55. The number of hydrogen-bond acceptors (Lipinski definition) is 4. The summed E-state index contributed by atoms with van der Waals surface area (Å²) < 4.78 is 0. The minimum Gasteiger partial charge on any atom is -0.297 e. The van der Waals surface area contributed by atoms with E-state index in [1.807, 2.05) is 48.5 Å². The van der Waals surface area contributed by atoms with E-state index < -0.39 is 0 Å². The summed E-state index contributed by atoms with van der Waals surface area (Å²) in [6.07, 6.45) is 1.71. The van der Waals surface area contributed by atoms with Crippen LogP contribution in [0.5, 0.6) is 0 Å². The molecule has 2 aromatic heterocycles. The third-order valence-electron chi connectivity index (χ3n) is 3.28. The first-order valence-corrected chi connectivity index (χ1v) is 8.57. The number of carbonyl (C=O) groups is 2. The molecular formula is C17H11ClO2S2. The molecule has 0 aliphatic carbocycles. The average Bonchev–Trinajstić information content (AvgIpc) is 3.17. The first-order valence-electron chi connectivity index (χ1n) is 6.56. The Labute approximate surface area is 141 Å². The van der Waals surface area contributed by atoms with Gasteiger partial charge in [-0.05, 0) is 42.0 Å². The van der Waals surface area contributed by atoms with Gasteiger partial charge in [-0.15, -0.1) is 22.7 Å². The molecule has 0 bridgehead atoms. The molecule has 110 valence electrons. The summed E-state index contributed by atoms with van der Waals surface area (Å²) >= 11 is 9.04. The van der Waals surface area contributed by atoms with E-state index in [0.717, 1.165) is 27.9 Å². The van der Waals surface area contributed by atoms with Gasteiger partial charge in [0.1, 0.15) is 0 Å². The average molecular weight is 347 g/mol. The van der Waals surface area contributed by atoms with Crippen LogP contribution in [0.1, 0.15) is 40.6 Å². The van der Waals surface area contributed by atoms with Gasteiger partial charge in [0.05, 0.1) is 15.7 Å². The predicted molar refractivity (Wildman–Crippen MR) is 91.8 cm³/mol. The van der Waals surface area contributed by atoms with E-state index in [-0.39, 0.29) is 5.92 Å². The van der Waals surface area contributed by atoms with Gasteiger partial charge in [-0.2, -0.15) is 0 Å². The van der Waals surface area contributed by atoms with Crippen LogP contribution in [-0.4, -0.2) is 12.6 Å². The van der Waals surface area contributed by atoms with E-state index >= 15 is 0 Å². The van der Waals surface area contributed by atoms with Gasteiger partial charge in [-0.25, -0.2) is 0 Å². The highest BCUT2D eigenvalue weighted by Gasteiger charge is 2.21. The number of halogens is 1. The number of benzene rings is 1. The molecule has 3 rings (SSSR count). The van der Waals surface area contributed by atoms with Gasteiger partial charge in [-0.1, -0.05) is 23.7 Å². The van der Waals surface area contributed by atoms with Crippen molar-refractivity contribution in [2.45, 2.75) is 5.92 Å². The second kappa shape index (κ2) is 6.57. The molecule has 0 saturated carbocycles. The van der Waals surface area contributed by atoms with Crippen molar-refractivity contribution >= 4 is 46.8 Å². The Morgan fingerprint density at radius 2 is 1.45 bits per heavy atom. The molecule has 1 aromatic carbocycles. The minimum atomic E-state index is -0.0175. The van der Waals surface area contributed by atoms with Crippen LogP contribution < -0.4 is 0 Å². The molecule has 0 radical (unpaired) electrons. The maximum atomic E-state index is 11.0. The molecule has 0 saturated heterocycles. The third kappa shape index (κ3) is 3.04. The van der Waals surface area contributed by atoms with Crippen LogP contribution in [-0.2, 0) is 0 Å². The van der Waals surface area contributed by atoms with Gasteiger partial charge in [0.2, 0.25) is 0 Å². The van der Waals surface area contributed by atoms with Crippen LogP contribution in [0.2, 0.25) is 5.02 Å². The third-order valence-corrected chi connectivity index (χ3v) is 5.66. The van der Waals surface area contributed by atoms with Crippen LogP contribution in [0, 0.1) is 0 Å². The lowest BCUT2D eigenvalue weighted by molar-refractivity contribution is 0.111. The summed E-state index contributed by atoms with van der Waals surface area (Å²) in [6.45, 7) is 0. The minimum absolute atomic E-state index is 0.0175. The van der Waals surface area contributed by atoms with Gasteiger partial charge >= 0.3 is 0 Å². The molecule has 3 aromatic rings. The van der Waals surface area contributed by atoms with Crippen molar-refractivity contribution < 1.29 is 9.59 Å². The van der Waals surface area contributed by atoms with Gasteiger partial charge in [-0.3, -0.25) is 9.59 Å². The largest absolute Gasteiger partial charge is 0.297 e. The topological polar surface area (TPSA) is 34.1 Å². The number of rotatable bonds is 5. The van der Waals surface area contributed by atoms with E-state index in [4.69, 9.17) is 11.6 Å². The standard InChI is InChI=1S/C17H11ClO2S2/c18-12-3-1-2-11(8-12)17(15-6-4-13(9-19)21-15)16-7-5-14(10-20)22-16/h1-10,17H. The van der Waals surface area contributed by atoms with E-state index in [1.54, 1.807) is 0 Å². The normalized spacial score (nSPS) is 10.8. The van der Waals surface area contributed by atoms with E-state index in [1.165, 1.54) is 22.7 Å². The zero-order valence-electron chi connectivity index (χ0n) is 11.4. The zero-order valence-corrected chi connectivity index (χ0v) is 13.8. The molecule has 0 aliphatic heterocycles. The lowest BCUT2D eigenvalue weighted by Crippen LogP contribution is -1.98. The molecule has 5 heteroatoms. The van der Waals surface area contributed by atoms with E-state index in [9.17, 15) is 9.59 Å². The van der Waals surface area contributed by atoms with Gasteiger partial charge in [0, 0.05) is 14.8 Å². The zero-order chi connectivity index (χ0) is 15.5. The first-order chi connectivity index (χ1) is 10.7. The predicted octanol–water partition coefficient (Wildman–Crippen LogP) is 5.27. The lowest BCUT2D eigenvalue weighted by atomic mass is 9.96. The van der Waals surface area contributed by atoms with Gasteiger partial charge in [0.25, 0.3) is 0 Å². The Morgan fingerprint density at radius 3 is 1.91 bits per heavy atom. The summed E-state index contributed by atoms with van der Waals surface area (Å²) in [7, 11) is 0. The summed E-state index contributed by atoms with van der Waals surface area (Å²) in [5.41, 5.74) is 1.05. The fraction of sp³-hybridized carbons (Fsp3) is 0.0588. The van der Waals surface area contributed by atoms with Gasteiger partial charge < -0.3 is 0 Å². The molecule has 0 fully saturated rings. The summed E-state index contributed by atoms with van der Waals surface area (Å²) in [5, 5.41) is 0.668. The number of aldehydes is 2. The second-order valence-corrected chi connectivity index (χ2v) is 7.43. The Morgan fingerprint density at radius 1 is 0.864 bits per heavy atom. The van der Waals surface area contributed by atoms with Crippen molar-refractivity contribution in [3.63, 3.8) is 0 Å². The molecule has 22 heavy (non-hydrogen) atoms. The van der Waals surface area contributed by atoms with Crippen LogP contribution in [0.4, 0.5) is 0 Å². The highest BCUT2D eigenvalue weighted by atomic mass is 35.5. The summed E-state index contributed by atoms with van der Waals surface area (Å²) in [4.78, 5) is 25.4. The maximum absolute atomic E-state index is 11.0. The van der Waals surface area contributed by atoms with Crippen molar-refractivity contribution in [3.8, 4) is 0 Å². The Balaban J connectivity index is 2.12. The second-order valence-electron chi connectivity index (χ2n) is 4.70. The quantitative estimate of drug-likeness (QED) is 0.590.